The van der Waals surface area contributed by atoms with E-state index in [-0.39, 0.29) is 5.91 Å². The topological polar surface area (TPSA) is 46.3 Å². The molecule has 0 unspecified atom stereocenters. The quantitative estimate of drug-likeness (QED) is 0.817. The summed E-state index contributed by atoms with van der Waals surface area (Å²) in [6.07, 6.45) is 4.15. The Labute approximate surface area is 137 Å². The van der Waals surface area contributed by atoms with Crippen molar-refractivity contribution in [1.29, 1.82) is 0 Å². The van der Waals surface area contributed by atoms with E-state index < -0.39 is 0 Å². The summed E-state index contributed by atoms with van der Waals surface area (Å²) in [6.45, 7) is 5.30. The third kappa shape index (κ3) is 3.81. The number of aryl methyl sites for hydroxylation is 2. The normalized spacial score (nSPS) is 14.5. The van der Waals surface area contributed by atoms with Gasteiger partial charge in [-0.05, 0) is 38.2 Å². The molecule has 1 aromatic heterocycles. The maximum Gasteiger partial charge on any atom is 0.227 e. The lowest BCUT2D eigenvalue weighted by Crippen LogP contribution is -2.38. The highest BCUT2D eigenvalue weighted by Crippen LogP contribution is 2.28. The zero-order valence-corrected chi connectivity index (χ0v) is 13.9. The Kier molecular flexibility index (Phi) is 4.79. The molecule has 1 aliphatic carbocycles. The number of benzene rings is 1. The molecule has 0 saturated heterocycles. The highest BCUT2D eigenvalue weighted by Gasteiger charge is 2.25. The van der Waals surface area contributed by atoms with E-state index in [0.717, 1.165) is 23.6 Å². The Balaban J connectivity index is 1.72. The van der Waals surface area contributed by atoms with Gasteiger partial charge in [0.05, 0.1) is 12.1 Å². The Morgan fingerprint density at radius 1 is 1.26 bits per heavy atom. The molecule has 3 rings (SSSR count). The molecule has 0 aliphatic heterocycles. The van der Waals surface area contributed by atoms with Gasteiger partial charge in [-0.25, -0.2) is 0 Å². The monoisotopic (exact) mass is 312 g/mol. The second-order valence-corrected chi connectivity index (χ2v) is 6.54. The second kappa shape index (κ2) is 6.99. The number of amides is 1. The molecular formula is C19H24N2O2. The van der Waals surface area contributed by atoms with E-state index in [0.29, 0.717) is 18.9 Å². The fraction of sp³-hybridized carbons (Fsp3) is 0.474. The van der Waals surface area contributed by atoms with Crippen LogP contribution in [-0.4, -0.2) is 22.5 Å². The van der Waals surface area contributed by atoms with Crippen molar-refractivity contribution >= 4 is 5.91 Å². The van der Waals surface area contributed by atoms with Crippen molar-refractivity contribution in [3.8, 4) is 0 Å². The SMILES string of the molecule is Cc1noc(C)c1CC(=O)N(Cc1ccccc1)CC1CCC1. The summed E-state index contributed by atoms with van der Waals surface area (Å²) in [5, 5.41) is 3.96. The largest absolute Gasteiger partial charge is 0.361 e. The van der Waals surface area contributed by atoms with E-state index in [1.54, 1.807) is 0 Å². The van der Waals surface area contributed by atoms with Crippen LogP contribution >= 0.6 is 0 Å². The Hall–Kier alpha value is -2.10. The molecule has 1 amide bonds. The zero-order valence-electron chi connectivity index (χ0n) is 13.9. The van der Waals surface area contributed by atoms with Crippen molar-refractivity contribution in [2.75, 3.05) is 6.54 Å². The summed E-state index contributed by atoms with van der Waals surface area (Å²) in [6, 6.07) is 10.2. The average molecular weight is 312 g/mol. The maximum atomic E-state index is 12.9. The zero-order chi connectivity index (χ0) is 16.2. The lowest BCUT2D eigenvalue weighted by molar-refractivity contribution is -0.132. The molecule has 122 valence electrons. The molecule has 0 spiro atoms. The molecule has 1 saturated carbocycles. The standard InChI is InChI=1S/C19H24N2O2/c1-14-18(15(2)23-20-14)11-19(22)21(13-17-9-6-10-17)12-16-7-4-3-5-8-16/h3-5,7-8,17H,6,9-13H2,1-2H3. The van der Waals surface area contributed by atoms with Gasteiger partial charge in [-0.3, -0.25) is 4.79 Å². The first-order valence-electron chi connectivity index (χ1n) is 8.37. The van der Waals surface area contributed by atoms with Gasteiger partial charge in [0.15, 0.2) is 0 Å². The van der Waals surface area contributed by atoms with Crippen LogP contribution in [0, 0.1) is 19.8 Å². The molecule has 0 atom stereocenters. The molecule has 1 fully saturated rings. The number of aromatic nitrogens is 1. The van der Waals surface area contributed by atoms with Gasteiger partial charge in [0.1, 0.15) is 5.76 Å². The van der Waals surface area contributed by atoms with E-state index >= 15 is 0 Å². The van der Waals surface area contributed by atoms with Gasteiger partial charge in [0, 0.05) is 18.7 Å². The molecule has 4 heteroatoms. The minimum atomic E-state index is 0.162. The Morgan fingerprint density at radius 2 is 2.00 bits per heavy atom. The summed E-state index contributed by atoms with van der Waals surface area (Å²) >= 11 is 0. The summed E-state index contributed by atoms with van der Waals surface area (Å²) in [4.78, 5) is 14.9. The van der Waals surface area contributed by atoms with Crippen LogP contribution in [0.15, 0.2) is 34.9 Å². The molecule has 2 aromatic rings. The number of carbonyl (C=O) groups is 1. The van der Waals surface area contributed by atoms with Crippen molar-refractivity contribution in [2.45, 2.75) is 46.1 Å². The first-order chi connectivity index (χ1) is 11.1. The number of hydrogen-bond acceptors (Lipinski definition) is 3. The van der Waals surface area contributed by atoms with Gasteiger partial charge in [-0.2, -0.15) is 0 Å². The maximum absolute atomic E-state index is 12.9. The van der Waals surface area contributed by atoms with Crippen molar-refractivity contribution in [1.82, 2.24) is 10.1 Å². The van der Waals surface area contributed by atoms with E-state index in [9.17, 15) is 4.79 Å². The van der Waals surface area contributed by atoms with Crippen LogP contribution in [0.3, 0.4) is 0 Å². The van der Waals surface area contributed by atoms with Gasteiger partial charge in [0.2, 0.25) is 5.91 Å². The minimum absolute atomic E-state index is 0.162. The van der Waals surface area contributed by atoms with Gasteiger partial charge >= 0.3 is 0 Å². The number of rotatable bonds is 6. The molecule has 1 heterocycles. The highest BCUT2D eigenvalue weighted by molar-refractivity contribution is 5.79. The Bertz CT molecular complexity index is 640. The average Bonchev–Trinajstić information content (AvgIpc) is 2.82. The van der Waals surface area contributed by atoms with Gasteiger partial charge in [0.25, 0.3) is 0 Å². The van der Waals surface area contributed by atoms with Crippen LogP contribution < -0.4 is 0 Å². The van der Waals surface area contributed by atoms with Crippen molar-refractivity contribution in [3.05, 3.63) is 52.9 Å². The van der Waals surface area contributed by atoms with E-state index in [4.69, 9.17) is 4.52 Å². The van der Waals surface area contributed by atoms with E-state index in [1.165, 1.54) is 24.8 Å². The van der Waals surface area contributed by atoms with Crippen LogP contribution in [-0.2, 0) is 17.8 Å². The minimum Gasteiger partial charge on any atom is -0.361 e. The molecule has 1 aliphatic rings. The van der Waals surface area contributed by atoms with Crippen LogP contribution in [0.1, 0.15) is 41.8 Å². The van der Waals surface area contributed by atoms with E-state index in [1.807, 2.05) is 36.9 Å². The van der Waals surface area contributed by atoms with Crippen LogP contribution in [0.2, 0.25) is 0 Å². The molecule has 0 N–H and O–H groups in total. The fourth-order valence-electron chi connectivity index (χ4n) is 3.06. The molecule has 0 bridgehead atoms. The van der Waals surface area contributed by atoms with Crippen molar-refractivity contribution < 1.29 is 9.32 Å². The van der Waals surface area contributed by atoms with Gasteiger partial charge < -0.3 is 9.42 Å². The predicted octanol–water partition coefficient (Wildman–Crippen LogP) is 3.66. The summed E-state index contributed by atoms with van der Waals surface area (Å²) < 4.78 is 5.19. The Morgan fingerprint density at radius 3 is 2.57 bits per heavy atom. The van der Waals surface area contributed by atoms with E-state index in [2.05, 4.69) is 17.3 Å². The third-order valence-corrected chi connectivity index (χ3v) is 4.78. The fourth-order valence-corrected chi connectivity index (χ4v) is 3.06. The molecule has 0 radical (unpaired) electrons. The lowest BCUT2D eigenvalue weighted by atomic mass is 9.85. The van der Waals surface area contributed by atoms with Gasteiger partial charge in [-0.1, -0.05) is 41.9 Å². The second-order valence-electron chi connectivity index (χ2n) is 6.54. The molecular weight excluding hydrogens is 288 g/mol. The molecule has 23 heavy (non-hydrogen) atoms. The summed E-state index contributed by atoms with van der Waals surface area (Å²) in [7, 11) is 0. The van der Waals surface area contributed by atoms with Crippen LogP contribution in [0.4, 0.5) is 0 Å². The first-order valence-corrected chi connectivity index (χ1v) is 8.37. The lowest BCUT2D eigenvalue weighted by Gasteiger charge is -2.32. The molecule has 1 aromatic carbocycles. The first kappa shape index (κ1) is 15.8. The van der Waals surface area contributed by atoms with Crippen molar-refractivity contribution in [2.24, 2.45) is 5.92 Å². The predicted molar refractivity (Wildman–Crippen MR) is 88.9 cm³/mol. The number of hydrogen-bond donors (Lipinski definition) is 0. The van der Waals surface area contributed by atoms with Crippen molar-refractivity contribution in [3.63, 3.8) is 0 Å². The number of carbonyl (C=O) groups excluding carboxylic acids is 1. The van der Waals surface area contributed by atoms with Crippen LogP contribution in [0.25, 0.3) is 0 Å². The van der Waals surface area contributed by atoms with Gasteiger partial charge in [-0.15, -0.1) is 0 Å². The highest BCUT2D eigenvalue weighted by atomic mass is 16.5. The van der Waals surface area contributed by atoms with Crippen LogP contribution in [0.5, 0.6) is 0 Å². The number of nitrogens with zero attached hydrogens (tertiary/aromatic N) is 2. The smallest absolute Gasteiger partial charge is 0.227 e. The summed E-state index contributed by atoms with van der Waals surface area (Å²) in [5.41, 5.74) is 2.93. The molecule has 4 nitrogen and oxygen atoms in total. The third-order valence-electron chi connectivity index (χ3n) is 4.78. The summed E-state index contributed by atoms with van der Waals surface area (Å²) in [5.74, 6) is 1.57.